The van der Waals surface area contributed by atoms with E-state index in [1.54, 1.807) is 0 Å². The minimum absolute atomic E-state index is 0.0615. The van der Waals surface area contributed by atoms with Gasteiger partial charge in [0, 0.05) is 37.5 Å². The number of nitrogens with one attached hydrogen (secondary N) is 1. The van der Waals surface area contributed by atoms with Gasteiger partial charge in [-0.25, -0.2) is 0 Å². The molecular weight excluding hydrogens is 258 g/mol. The highest BCUT2D eigenvalue weighted by Crippen LogP contribution is 2.28. The van der Waals surface area contributed by atoms with Crippen LogP contribution in [-0.4, -0.2) is 42.6 Å². The van der Waals surface area contributed by atoms with Crippen LogP contribution < -0.4 is 10.1 Å². The number of piperidine rings is 1. The number of nitro groups is 1. The van der Waals surface area contributed by atoms with Gasteiger partial charge in [-0.3, -0.25) is 10.1 Å². The van der Waals surface area contributed by atoms with Crippen LogP contribution in [0.1, 0.15) is 19.8 Å². The fourth-order valence-corrected chi connectivity index (χ4v) is 2.36. The fraction of sp³-hybridized carbons (Fsp3) is 0.571. The van der Waals surface area contributed by atoms with Gasteiger partial charge >= 0.3 is 0 Å². The first-order valence-corrected chi connectivity index (χ1v) is 6.97. The maximum atomic E-state index is 11.0. The molecule has 0 unspecified atom stereocenters. The van der Waals surface area contributed by atoms with Crippen molar-refractivity contribution in [1.82, 2.24) is 4.90 Å². The zero-order chi connectivity index (χ0) is 14.5. The molecule has 0 aromatic heterocycles. The Hall–Kier alpha value is -1.82. The summed E-state index contributed by atoms with van der Waals surface area (Å²) in [5, 5.41) is 14.1. The van der Waals surface area contributed by atoms with Crippen molar-refractivity contribution in [3.8, 4) is 5.75 Å². The Balaban J connectivity index is 2.11. The number of anilines is 1. The van der Waals surface area contributed by atoms with Crippen molar-refractivity contribution >= 4 is 11.4 Å². The summed E-state index contributed by atoms with van der Waals surface area (Å²) in [5.41, 5.74) is 0.788. The second-order valence-electron chi connectivity index (χ2n) is 5.12. The molecule has 0 saturated carbocycles. The standard InChI is InChI=1S/C14H21N3O3/c1-3-15-11-8-12(17(18)19)10-14(9-11)20-13-4-6-16(2)7-5-13/h8-10,13,15H,3-7H2,1-2H3. The summed E-state index contributed by atoms with van der Waals surface area (Å²) < 4.78 is 5.91. The Bertz CT molecular complexity index is 471. The highest BCUT2D eigenvalue weighted by molar-refractivity contribution is 5.56. The Morgan fingerprint density at radius 3 is 2.70 bits per heavy atom. The summed E-state index contributed by atoms with van der Waals surface area (Å²) in [4.78, 5) is 12.8. The minimum atomic E-state index is -0.387. The van der Waals surface area contributed by atoms with Gasteiger partial charge in [-0.1, -0.05) is 0 Å². The highest BCUT2D eigenvalue weighted by atomic mass is 16.6. The summed E-state index contributed by atoms with van der Waals surface area (Å²) in [5.74, 6) is 0.574. The maximum Gasteiger partial charge on any atom is 0.275 e. The average molecular weight is 279 g/mol. The second-order valence-corrected chi connectivity index (χ2v) is 5.12. The van der Waals surface area contributed by atoms with Crippen LogP contribution in [0.15, 0.2) is 18.2 Å². The largest absolute Gasteiger partial charge is 0.490 e. The Labute approximate surface area is 118 Å². The van der Waals surface area contributed by atoms with Gasteiger partial charge in [0.05, 0.1) is 11.0 Å². The predicted molar refractivity (Wildman–Crippen MR) is 78.4 cm³/mol. The van der Waals surface area contributed by atoms with Gasteiger partial charge in [0.25, 0.3) is 5.69 Å². The molecule has 1 fully saturated rings. The molecule has 1 aliphatic rings. The van der Waals surface area contributed by atoms with Crippen molar-refractivity contribution in [2.75, 3.05) is 32.0 Å². The first-order valence-electron chi connectivity index (χ1n) is 6.97. The predicted octanol–water partition coefficient (Wildman–Crippen LogP) is 2.50. The van der Waals surface area contributed by atoms with Crippen LogP contribution in [0.2, 0.25) is 0 Å². The van der Waals surface area contributed by atoms with Crippen LogP contribution in [0, 0.1) is 10.1 Å². The van der Waals surface area contributed by atoms with E-state index in [-0.39, 0.29) is 16.7 Å². The fourth-order valence-electron chi connectivity index (χ4n) is 2.36. The molecule has 1 N–H and O–H groups in total. The number of non-ortho nitro benzene ring substituents is 1. The van der Waals surface area contributed by atoms with E-state index in [0.717, 1.165) is 38.2 Å². The quantitative estimate of drug-likeness (QED) is 0.662. The molecule has 2 rings (SSSR count). The maximum absolute atomic E-state index is 11.0. The van der Waals surface area contributed by atoms with Crippen molar-refractivity contribution < 1.29 is 9.66 Å². The molecule has 0 atom stereocenters. The smallest absolute Gasteiger partial charge is 0.275 e. The molecule has 1 aromatic carbocycles. The third kappa shape index (κ3) is 3.84. The van der Waals surface area contributed by atoms with E-state index in [9.17, 15) is 10.1 Å². The summed E-state index contributed by atoms with van der Waals surface area (Å²) in [7, 11) is 2.09. The summed E-state index contributed by atoms with van der Waals surface area (Å²) >= 11 is 0. The van der Waals surface area contributed by atoms with Gasteiger partial charge in [-0.15, -0.1) is 0 Å². The molecule has 6 nitrogen and oxygen atoms in total. The van der Waals surface area contributed by atoms with Crippen molar-refractivity contribution in [2.24, 2.45) is 0 Å². The third-order valence-electron chi connectivity index (χ3n) is 3.45. The Kier molecular flexibility index (Phi) is 4.79. The molecule has 0 radical (unpaired) electrons. The lowest BCUT2D eigenvalue weighted by Crippen LogP contribution is -2.35. The van der Waals surface area contributed by atoms with Crippen LogP contribution >= 0.6 is 0 Å². The first kappa shape index (κ1) is 14.6. The number of hydrogen-bond donors (Lipinski definition) is 1. The summed E-state index contributed by atoms with van der Waals surface area (Å²) in [6.07, 6.45) is 2.05. The number of ether oxygens (including phenoxy) is 1. The Morgan fingerprint density at radius 1 is 1.40 bits per heavy atom. The van der Waals surface area contributed by atoms with Crippen molar-refractivity contribution in [3.05, 3.63) is 28.3 Å². The van der Waals surface area contributed by atoms with Crippen molar-refractivity contribution in [1.29, 1.82) is 0 Å². The van der Waals surface area contributed by atoms with Gasteiger partial charge in [0.2, 0.25) is 0 Å². The van der Waals surface area contributed by atoms with Crippen LogP contribution in [-0.2, 0) is 0 Å². The number of nitro benzene ring substituents is 1. The van der Waals surface area contributed by atoms with Crippen LogP contribution in [0.3, 0.4) is 0 Å². The molecule has 1 heterocycles. The van der Waals surface area contributed by atoms with Gasteiger partial charge in [0.1, 0.15) is 11.9 Å². The molecule has 1 saturated heterocycles. The summed E-state index contributed by atoms with van der Waals surface area (Å²) in [6, 6.07) is 4.86. The average Bonchev–Trinajstić information content (AvgIpc) is 2.41. The molecular formula is C14H21N3O3. The molecule has 0 amide bonds. The van der Waals surface area contributed by atoms with Crippen molar-refractivity contribution in [2.45, 2.75) is 25.9 Å². The minimum Gasteiger partial charge on any atom is -0.490 e. The van der Waals surface area contributed by atoms with Crippen LogP contribution in [0.25, 0.3) is 0 Å². The van der Waals surface area contributed by atoms with Gasteiger partial charge in [-0.2, -0.15) is 0 Å². The SMILES string of the molecule is CCNc1cc(OC2CCN(C)CC2)cc([N+](=O)[O-])c1. The molecule has 0 bridgehead atoms. The lowest BCUT2D eigenvalue weighted by molar-refractivity contribution is -0.384. The van der Waals surface area contributed by atoms with Crippen LogP contribution in [0.5, 0.6) is 5.75 Å². The van der Waals surface area contributed by atoms with E-state index in [4.69, 9.17) is 4.74 Å². The van der Waals surface area contributed by atoms with Gasteiger partial charge in [0.15, 0.2) is 0 Å². The number of rotatable bonds is 5. The molecule has 6 heteroatoms. The molecule has 0 spiro atoms. The topological polar surface area (TPSA) is 67.6 Å². The molecule has 1 aromatic rings. The van der Waals surface area contributed by atoms with E-state index < -0.39 is 0 Å². The van der Waals surface area contributed by atoms with Gasteiger partial charge in [-0.05, 0) is 26.8 Å². The van der Waals surface area contributed by atoms with Gasteiger partial charge < -0.3 is 15.0 Å². The second kappa shape index (κ2) is 6.56. The highest BCUT2D eigenvalue weighted by Gasteiger charge is 2.19. The molecule has 110 valence electrons. The third-order valence-corrected chi connectivity index (χ3v) is 3.45. The molecule has 1 aliphatic heterocycles. The normalized spacial score (nSPS) is 16.9. The zero-order valence-corrected chi connectivity index (χ0v) is 12.0. The lowest BCUT2D eigenvalue weighted by atomic mass is 10.1. The number of benzene rings is 1. The lowest BCUT2D eigenvalue weighted by Gasteiger charge is -2.29. The summed E-state index contributed by atoms with van der Waals surface area (Å²) in [6.45, 7) is 4.67. The van der Waals surface area contributed by atoms with E-state index in [1.807, 2.05) is 13.0 Å². The van der Waals surface area contributed by atoms with E-state index >= 15 is 0 Å². The zero-order valence-electron chi connectivity index (χ0n) is 12.0. The molecule has 0 aliphatic carbocycles. The van der Waals surface area contributed by atoms with Crippen LogP contribution in [0.4, 0.5) is 11.4 Å². The van der Waals surface area contributed by atoms with E-state index in [2.05, 4.69) is 17.3 Å². The first-order chi connectivity index (χ1) is 9.58. The van der Waals surface area contributed by atoms with Crippen molar-refractivity contribution in [3.63, 3.8) is 0 Å². The number of likely N-dealkylation sites (tertiary alicyclic amines) is 1. The number of nitrogens with zero attached hydrogens (tertiary/aromatic N) is 2. The number of hydrogen-bond acceptors (Lipinski definition) is 5. The van der Waals surface area contributed by atoms with E-state index in [1.165, 1.54) is 12.1 Å². The monoisotopic (exact) mass is 279 g/mol. The van der Waals surface area contributed by atoms with E-state index in [0.29, 0.717) is 5.75 Å². The Morgan fingerprint density at radius 2 is 2.10 bits per heavy atom. The molecule has 20 heavy (non-hydrogen) atoms.